The van der Waals surface area contributed by atoms with E-state index in [1.54, 1.807) is 24.3 Å². The van der Waals surface area contributed by atoms with Crippen LogP contribution >= 0.6 is 0 Å². The number of rotatable bonds is 6. The lowest BCUT2D eigenvalue weighted by molar-refractivity contribution is 0.262. The van der Waals surface area contributed by atoms with E-state index < -0.39 is 11.8 Å². The number of urea groups is 1. The molecule has 0 saturated heterocycles. The maximum Gasteiger partial charge on any atom is 0.323 e. The van der Waals surface area contributed by atoms with Gasteiger partial charge in [0.25, 0.3) is 5.89 Å². The highest BCUT2D eigenvalue weighted by molar-refractivity contribution is 6.00. The van der Waals surface area contributed by atoms with Crippen molar-refractivity contribution < 1.29 is 18.3 Å². The molecule has 156 valence electrons. The molecule has 8 heteroatoms. The van der Waals surface area contributed by atoms with Crippen LogP contribution in [0.2, 0.25) is 0 Å². The van der Waals surface area contributed by atoms with E-state index in [1.165, 1.54) is 18.2 Å². The third kappa shape index (κ3) is 4.87. The van der Waals surface area contributed by atoms with Crippen molar-refractivity contribution in [2.45, 2.75) is 6.92 Å². The van der Waals surface area contributed by atoms with Crippen LogP contribution in [0.25, 0.3) is 22.9 Å². The number of benzene rings is 3. The van der Waals surface area contributed by atoms with Gasteiger partial charge < -0.3 is 19.8 Å². The standard InChI is InChI=1S/C23H19FN4O3/c1-2-30-18-11-8-16(9-12-18)25-23(29)26-17-10-13-20(24)19(14-17)22-28-27-21(31-22)15-6-4-3-5-7-15/h3-14H,2H2,1H3,(H2,25,26,29). The monoisotopic (exact) mass is 418 g/mol. The van der Waals surface area contributed by atoms with E-state index >= 15 is 0 Å². The maximum atomic E-state index is 14.4. The molecule has 7 nitrogen and oxygen atoms in total. The van der Waals surface area contributed by atoms with Gasteiger partial charge in [0, 0.05) is 16.9 Å². The van der Waals surface area contributed by atoms with Gasteiger partial charge in [-0.05, 0) is 61.5 Å². The van der Waals surface area contributed by atoms with Gasteiger partial charge in [0.1, 0.15) is 11.6 Å². The molecule has 0 saturated carbocycles. The highest BCUT2D eigenvalue weighted by Crippen LogP contribution is 2.28. The second-order valence-electron chi connectivity index (χ2n) is 6.51. The summed E-state index contributed by atoms with van der Waals surface area (Å²) < 4.78 is 25.4. The summed E-state index contributed by atoms with van der Waals surface area (Å²) in [6, 6.07) is 19.8. The van der Waals surface area contributed by atoms with Crippen LogP contribution in [0.5, 0.6) is 5.75 Å². The minimum absolute atomic E-state index is 0.0203. The van der Waals surface area contributed by atoms with E-state index in [-0.39, 0.29) is 17.3 Å². The Kier molecular flexibility index (Phi) is 5.89. The number of ether oxygens (including phenoxy) is 1. The number of carbonyl (C=O) groups is 1. The molecule has 0 aliphatic rings. The summed E-state index contributed by atoms with van der Waals surface area (Å²) >= 11 is 0. The second kappa shape index (κ2) is 9.08. The first-order chi connectivity index (χ1) is 15.1. The summed E-state index contributed by atoms with van der Waals surface area (Å²) in [5.41, 5.74) is 1.78. The number of nitrogens with zero attached hydrogens (tertiary/aromatic N) is 2. The van der Waals surface area contributed by atoms with Crippen molar-refractivity contribution in [2.75, 3.05) is 17.2 Å². The minimum atomic E-state index is -0.541. The van der Waals surface area contributed by atoms with Gasteiger partial charge in [-0.25, -0.2) is 9.18 Å². The smallest absolute Gasteiger partial charge is 0.323 e. The molecule has 3 aromatic carbocycles. The number of hydrogen-bond acceptors (Lipinski definition) is 5. The van der Waals surface area contributed by atoms with E-state index in [0.29, 0.717) is 23.7 Å². The molecular formula is C23H19FN4O3. The Morgan fingerprint density at radius 1 is 0.935 bits per heavy atom. The fourth-order valence-electron chi connectivity index (χ4n) is 2.89. The lowest BCUT2D eigenvalue weighted by Gasteiger charge is -2.09. The van der Waals surface area contributed by atoms with Crippen LogP contribution in [0.1, 0.15) is 6.92 Å². The first-order valence-electron chi connectivity index (χ1n) is 9.62. The molecule has 2 N–H and O–H groups in total. The zero-order valence-corrected chi connectivity index (χ0v) is 16.6. The van der Waals surface area contributed by atoms with Crippen molar-refractivity contribution in [3.8, 4) is 28.7 Å². The van der Waals surface area contributed by atoms with E-state index in [1.807, 2.05) is 37.3 Å². The molecule has 1 heterocycles. The number of carbonyl (C=O) groups excluding carboxylic acids is 1. The number of anilines is 2. The first kappa shape index (κ1) is 20.1. The minimum Gasteiger partial charge on any atom is -0.494 e. The average Bonchev–Trinajstić information content (AvgIpc) is 3.27. The van der Waals surface area contributed by atoms with Crippen LogP contribution in [-0.4, -0.2) is 22.8 Å². The van der Waals surface area contributed by atoms with Gasteiger partial charge >= 0.3 is 6.03 Å². The van der Waals surface area contributed by atoms with Crippen LogP contribution < -0.4 is 15.4 Å². The van der Waals surface area contributed by atoms with Gasteiger partial charge in [-0.1, -0.05) is 18.2 Å². The summed E-state index contributed by atoms with van der Waals surface area (Å²) in [4.78, 5) is 12.3. The van der Waals surface area contributed by atoms with Crippen LogP contribution in [0.3, 0.4) is 0 Å². The van der Waals surface area contributed by atoms with Crippen LogP contribution in [0, 0.1) is 5.82 Å². The largest absolute Gasteiger partial charge is 0.494 e. The van der Waals surface area contributed by atoms with E-state index in [9.17, 15) is 9.18 Å². The van der Waals surface area contributed by atoms with Crippen LogP contribution in [0.4, 0.5) is 20.6 Å². The van der Waals surface area contributed by atoms with Crippen molar-refractivity contribution in [1.82, 2.24) is 10.2 Å². The van der Waals surface area contributed by atoms with Gasteiger partial charge in [-0.15, -0.1) is 10.2 Å². The third-order valence-electron chi connectivity index (χ3n) is 4.32. The molecule has 1 aromatic heterocycles. The predicted molar refractivity (Wildman–Crippen MR) is 115 cm³/mol. The molecule has 2 amide bonds. The van der Waals surface area contributed by atoms with Crippen molar-refractivity contribution in [3.63, 3.8) is 0 Å². The van der Waals surface area contributed by atoms with Crippen molar-refractivity contribution >= 4 is 17.4 Å². The molecule has 0 bridgehead atoms. The zero-order chi connectivity index (χ0) is 21.6. The molecule has 0 aliphatic carbocycles. The maximum absolute atomic E-state index is 14.4. The Labute approximate surface area is 177 Å². The fourth-order valence-corrected chi connectivity index (χ4v) is 2.89. The summed E-state index contributed by atoms with van der Waals surface area (Å²) in [6.07, 6.45) is 0. The van der Waals surface area contributed by atoms with Gasteiger partial charge in [-0.3, -0.25) is 0 Å². The van der Waals surface area contributed by atoms with Gasteiger partial charge in [0.2, 0.25) is 5.89 Å². The van der Waals surface area contributed by atoms with Crippen molar-refractivity contribution in [2.24, 2.45) is 0 Å². The quantitative estimate of drug-likeness (QED) is 0.426. The third-order valence-corrected chi connectivity index (χ3v) is 4.32. The van der Waals surface area contributed by atoms with E-state index in [4.69, 9.17) is 9.15 Å². The highest BCUT2D eigenvalue weighted by atomic mass is 19.1. The molecule has 0 spiro atoms. The molecule has 0 unspecified atom stereocenters. The number of aromatic nitrogens is 2. The molecule has 31 heavy (non-hydrogen) atoms. The van der Waals surface area contributed by atoms with Crippen molar-refractivity contribution in [1.29, 1.82) is 0 Å². The topological polar surface area (TPSA) is 89.3 Å². The predicted octanol–water partition coefficient (Wildman–Crippen LogP) is 5.59. The van der Waals surface area contributed by atoms with Crippen LogP contribution in [0.15, 0.2) is 77.2 Å². The zero-order valence-electron chi connectivity index (χ0n) is 16.6. The molecule has 0 atom stereocenters. The highest BCUT2D eigenvalue weighted by Gasteiger charge is 2.15. The second-order valence-corrected chi connectivity index (χ2v) is 6.51. The Morgan fingerprint density at radius 2 is 1.61 bits per heavy atom. The Morgan fingerprint density at radius 3 is 2.35 bits per heavy atom. The lowest BCUT2D eigenvalue weighted by Crippen LogP contribution is -2.19. The molecule has 0 fully saturated rings. The Hall–Kier alpha value is -4.20. The lowest BCUT2D eigenvalue weighted by atomic mass is 10.2. The number of halogens is 1. The molecular weight excluding hydrogens is 399 g/mol. The Bertz CT molecular complexity index is 1180. The van der Waals surface area contributed by atoms with Gasteiger partial charge in [0.15, 0.2) is 0 Å². The SMILES string of the molecule is CCOc1ccc(NC(=O)Nc2ccc(F)c(-c3nnc(-c4ccccc4)o3)c2)cc1. The molecule has 0 radical (unpaired) electrons. The number of amides is 2. The van der Waals surface area contributed by atoms with E-state index in [2.05, 4.69) is 20.8 Å². The summed E-state index contributed by atoms with van der Waals surface area (Å²) in [5, 5.41) is 13.3. The van der Waals surface area contributed by atoms with E-state index in [0.717, 1.165) is 5.56 Å². The summed E-state index contributed by atoms with van der Waals surface area (Å²) in [5.74, 6) is 0.473. The van der Waals surface area contributed by atoms with Gasteiger partial charge in [0.05, 0.1) is 12.2 Å². The summed E-state index contributed by atoms with van der Waals surface area (Å²) in [6.45, 7) is 2.46. The van der Waals surface area contributed by atoms with Gasteiger partial charge in [-0.2, -0.15) is 0 Å². The molecule has 4 aromatic rings. The normalized spacial score (nSPS) is 10.5. The van der Waals surface area contributed by atoms with Crippen LogP contribution in [-0.2, 0) is 0 Å². The molecule has 0 aliphatic heterocycles. The number of hydrogen-bond donors (Lipinski definition) is 2. The first-order valence-corrected chi connectivity index (χ1v) is 9.62. The molecule has 4 rings (SSSR count). The number of nitrogens with one attached hydrogen (secondary N) is 2. The average molecular weight is 418 g/mol. The van der Waals surface area contributed by atoms with Crippen molar-refractivity contribution in [3.05, 3.63) is 78.6 Å². The summed E-state index contributed by atoms with van der Waals surface area (Å²) in [7, 11) is 0. The Balaban J connectivity index is 1.48. The fraction of sp³-hybridized carbons (Fsp3) is 0.0870.